The molecule has 4 nitrogen and oxygen atoms in total. The maximum Gasteiger partial charge on any atom is 0.108 e. The van der Waals surface area contributed by atoms with E-state index in [2.05, 4.69) is 33.6 Å². The predicted molar refractivity (Wildman–Crippen MR) is 111 cm³/mol. The van der Waals surface area contributed by atoms with Gasteiger partial charge in [0, 0.05) is 52.5 Å². The lowest BCUT2D eigenvalue weighted by Gasteiger charge is -2.33. The summed E-state index contributed by atoms with van der Waals surface area (Å²) in [6.45, 7) is 0.598. The highest BCUT2D eigenvalue weighted by atomic mass is 35.5. The van der Waals surface area contributed by atoms with Gasteiger partial charge in [-0.25, -0.2) is 0 Å². The Morgan fingerprint density at radius 3 is 3.07 bits per heavy atom. The molecule has 1 fully saturated rings. The highest BCUT2D eigenvalue weighted by Crippen LogP contribution is 2.48. The van der Waals surface area contributed by atoms with Gasteiger partial charge in [0.2, 0.25) is 0 Å². The van der Waals surface area contributed by atoms with Crippen molar-refractivity contribution in [3.63, 3.8) is 0 Å². The molecule has 3 aliphatic rings. The number of nitrogens with zero attached hydrogens (tertiary/aromatic N) is 3. The van der Waals surface area contributed by atoms with E-state index in [1.165, 1.54) is 40.6 Å². The molecule has 6 rings (SSSR count). The summed E-state index contributed by atoms with van der Waals surface area (Å²) in [5.74, 6) is 0. The standard InChI is InChI=1S/C23H24ClN3O/c1-26-16-3-5-20(26)22-17-10-15(24)2-4-19(17)27(21(22)11-16)13-23(28)8-6-14-12-25-9-7-18(14)23/h2,4,7,9-10,12,16,20,28H,3,5-6,8,11,13H2,1H3. The van der Waals surface area contributed by atoms with E-state index in [0.29, 0.717) is 18.6 Å². The zero-order valence-corrected chi connectivity index (χ0v) is 16.8. The van der Waals surface area contributed by atoms with E-state index >= 15 is 0 Å². The van der Waals surface area contributed by atoms with E-state index in [9.17, 15) is 5.11 Å². The van der Waals surface area contributed by atoms with Crippen LogP contribution in [-0.2, 0) is 25.0 Å². The number of aryl methyl sites for hydroxylation is 1. The molecule has 2 aliphatic heterocycles. The normalized spacial score (nSPS) is 28.7. The Morgan fingerprint density at radius 2 is 2.18 bits per heavy atom. The zero-order valence-electron chi connectivity index (χ0n) is 16.0. The number of fused-ring (bicyclic) bond motifs is 7. The zero-order chi connectivity index (χ0) is 19.0. The first kappa shape index (κ1) is 17.0. The first-order valence-electron chi connectivity index (χ1n) is 10.2. The van der Waals surface area contributed by atoms with Crippen molar-refractivity contribution in [2.45, 2.75) is 56.3 Å². The van der Waals surface area contributed by atoms with Crippen LogP contribution in [0.5, 0.6) is 0 Å². The topological polar surface area (TPSA) is 41.3 Å². The largest absolute Gasteiger partial charge is 0.383 e. The van der Waals surface area contributed by atoms with Crippen LogP contribution in [0, 0.1) is 0 Å². The van der Waals surface area contributed by atoms with E-state index < -0.39 is 5.60 Å². The summed E-state index contributed by atoms with van der Waals surface area (Å²) in [6, 6.07) is 9.29. The third kappa shape index (κ3) is 2.23. The van der Waals surface area contributed by atoms with Crippen LogP contribution in [0.1, 0.15) is 47.7 Å². The lowest BCUT2D eigenvalue weighted by Crippen LogP contribution is -2.36. The molecule has 1 saturated heterocycles. The smallest absolute Gasteiger partial charge is 0.108 e. The third-order valence-corrected chi connectivity index (χ3v) is 7.65. The quantitative estimate of drug-likeness (QED) is 0.708. The van der Waals surface area contributed by atoms with Crippen molar-refractivity contribution in [3.8, 4) is 0 Å². The second-order valence-electron chi connectivity index (χ2n) is 8.79. The number of hydrogen-bond acceptors (Lipinski definition) is 3. The van der Waals surface area contributed by atoms with Crippen LogP contribution in [0.25, 0.3) is 10.9 Å². The lowest BCUT2D eigenvalue weighted by atomic mass is 9.95. The van der Waals surface area contributed by atoms with Crippen LogP contribution in [0.4, 0.5) is 0 Å². The number of benzene rings is 1. The van der Waals surface area contributed by atoms with E-state index in [-0.39, 0.29) is 0 Å². The summed E-state index contributed by atoms with van der Waals surface area (Å²) in [7, 11) is 2.26. The molecular formula is C23H24ClN3O. The van der Waals surface area contributed by atoms with Crippen molar-refractivity contribution in [2.75, 3.05) is 7.05 Å². The Morgan fingerprint density at radius 1 is 1.29 bits per heavy atom. The SMILES string of the molecule is CN1C2CCC1c1c(n(CC3(O)CCc4cnccc43)c3ccc(Cl)cc13)C2. The van der Waals surface area contributed by atoms with Crippen LogP contribution in [-0.4, -0.2) is 32.6 Å². The van der Waals surface area contributed by atoms with Crippen LogP contribution < -0.4 is 0 Å². The molecule has 3 atom stereocenters. The van der Waals surface area contributed by atoms with Crippen molar-refractivity contribution >= 4 is 22.5 Å². The second kappa shape index (κ2) is 5.82. The molecule has 28 heavy (non-hydrogen) atoms. The maximum atomic E-state index is 11.6. The van der Waals surface area contributed by atoms with Crippen LogP contribution in [0.2, 0.25) is 5.02 Å². The highest BCUT2D eigenvalue weighted by molar-refractivity contribution is 6.31. The fraction of sp³-hybridized carbons (Fsp3) is 0.435. The predicted octanol–water partition coefficient (Wildman–Crippen LogP) is 4.22. The molecule has 0 amide bonds. The molecule has 1 aromatic carbocycles. The van der Waals surface area contributed by atoms with Gasteiger partial charge in [0.05, 0.1) is 6.54 Å². The molecule has 1 aliphatic carbocycles. The van der Waals surface area contributed by atoms with Gasteiger partial charge < -0.3 is 9.67 Å². The lowest BCUT2D eigenvalue weighted by molar-refractivity contribution is 0.0203. The van der Waals surface area contributed by atoms with Gasteiger partial charge in [-0.3, -0.25) is 9.88 Å². The number of aliphatic hydroxyl groups is 1. The molecule has 144 valence electrons. The number of aromatic nitrogens is 2. The Hall–Kier alpha value is -1.88. The van der Waals surface area contributed by atoms with Crippen LogP contribution >= 0.6 is 11.6 Å². The van der Waals surface area contributed by atoms with Crippen LogP contribution in [0.3, 0.4) is 0 Å². The average molecular weight is 394 g/mol. The van der Waals surface area contributed by atoms with Crippen molar-refractivity contribution in [1.82, 2.24) is 14.5 Å². The molecule has 2 bridgehead atoms. The minimum atomic E-state index is -0.833. The van der Waals surface area contributed by atoms with Gasteiger partial charge in [-0.15, -0.1) is 0 Å². The van der Waals surface area contributed by atoms with Crippen molar-refractivity contribution in [1.29, 1.82) is 0 Å². The van der Waals surface area contributed by atoms with Gasteiger partial charge in [0.25, 0.3) is 0 Å². The van der Waals surface area contributed by atoms with Gasteiger partial charge in [0.15, 0.2) is 0 Å². The molecule has 1 N–H and O–H groups in total. The molecule has 3 unspecified atom stereocenters. The highest BCUT2D eigenvalue weighted by Gasteiger charge is 2.43. The van der Waals surface area contributed by atoms with E-state index in [1.54, 1.807) is 6.20 Å². The summed E-state index contributed by atoms with van der Waals surface area (Å²) in [6.07, 6.45) is 8.85. The first-order chi connectivity index (χ1) is 13.5. The molecule has 0 saturated carbocycles. The fourth-order valence-electron chi connectivity index (χ4n) is 5.99. The number of rotatable bonds is 2. The maximum absolute atomic E-state index is 11.6. The van der Waals surface area contributed by atoms with E-state index in [0.717, 1.165) is 29.8 Å². The molecule has 5 heteroatoms. The summed E-state index contributed by atoms with van der Waals surface area (Å²) < 4.78 is 2.40. The summed E-state index contributed by atoms with van der Waals surface area (Å²) in [5, 5.41) is 13.7. The summed E-state index contributed by atoms with van der Waals surface area (Å²) >= 11 is 6.39. The molecule has 0 radical (unpaired) electrons. The first-order valence-corrected chi connectivity index (χ1v) is 10.6. The van der Waals surface area contributed by atoms with Crippen molar-refractivity contribution < 1.29 is 5.11 Å². The average Bonchev–Trinajstić information content (AvgIpc) is 3.25. The summed E-state index contributed by atoms with van der Waals surface area (Å²) in [5.41, 5.74) is 5.43. The number of halogens is 1. The van der Waals surface area contributed by atoms with Crippen LogP contribution in [0.15, 0.2) is 36.7 Å². The molecule has 0 spiro atoms. The van der Waals surface area contributed by atoms with E-state index in [4.69, 9.17) is 11.6 Å². The second-order valence-corrected chi connectivity index (χ2v) is 9.23. The van der Waals surface area contributed by atoms with Gasteiger partial charge in [-0.1, -0.05) is 11.6 Å². The minimum absolute atomic E-state index is 0.464. The Balaban J connectivity index is 1.54. The molecule has 2 aromatic heterocycles. The van der Waals surface area contributed by atoms with Gasteiger partial charge in [-0.2, -0.15) is 0 Å². The monoisotopic (exact) mass is 393 g/mol. The van der Waals surface area contributed by atoms with Crippen molar-refractivity contribution in [2.24, 2.45) is 0 Å². The number of likely N-dealkylation sites (N-methyl/N-ethyl adjacent to an activating group) is 1. The van der Waals surface area contributed by atoms with Gasteiger partial charge >= 0.3 is 0 Å². The molecular weight excluding hydrogens is 370 g/mol. The van der Waals surface area contributed by atoms with Gasteiger partial charge in [0.1, 0.15) is 5.60 Å². The summed E-state index contributed by atoms with van der Waals surface area (Å²) in [4.78, 5) is 6.79. The van der Waals surface area contributed by atoms with Gasteiger partial charge in [-0.05, 0) is 73.7 Å². The minimum Gasteiger partial charge on any atom is -0.383 e. The van der Waals surface area contributed by atoms with Crippen molar-refractivity contribution in [3.05, 3.63) is 64.1 Å². The molecule has 3 aromatic rings. The number of hydrogen-bond donors (Lipinski definition) is 1. The Labute approximate surface area is 169 Å². The fourth-order valence-corrected chi connectivity index (χ4v) is 6.16. The number of pyridine rings is 1. The Bertz CT molecular complexity index is 1110. The van der Waals surface area contributed by atoms with E-state index in [1.807, 2.05) is 18.3 Å². The Kier molecular flexibility index (Phi) is 3.54. The molecule has 4 heterocycles. The third-order valence-electron chi connectivity index (χ3n) is 7.41.